The minimum Gasteiger partial charge on any atom is -0.481 e. The maximum absolute atomic E-state index is 12.8. The third kappa shape index (κ3) is 4.09. The highest BCUT2D eigenvalue weighted by molar-refractivity contribution is 7.99. The molecule has 0 aliphatic heterocycles. The van der Waals surface area contributed by atoms with Crippen LogP contribution in [0.15, 0.2) is 35.6 Å². The fourth-order valence-corrected chi connectivity index (χ4v) is 2.60. The molecule has 0 radical (unpaired) electrons. The Morgan fingerprint density at radius 1 is 1.40 bits per heavy atom. The number of halogens is 1. The Bertz CT molecular complexity index is 596. The lowest BCUT2D eigenvalue weighted by molar-refractivity contribution is -0.133. The highest BCUT2D eigenvalue weighted by atomic mass is 32.2. The number of aryl methyl sites for hydroxylation is 3. The Labute approximate surface area is 120 Å². The van der Waals surface area contributed by atoms with Gasteiger partial charge in [0.05, 0.1) is 11.4 Å². The fraction of sp³-hybridized carbons (Fsp3) is 0.286. The summed E-state index contributed by atoms with van der Waals surface area (Å²) in [5.74, 6) is -1.11. The molecule has 0 bridgehead atoms. The predicted octanol–water partition coefficient (Wildman–Crippen LogP) is 2.75. The number of nitrogens with zero attached hydrogens (tertiary/aromatic N) is 2. The van der Waals surface area contributed by atoms with Crippen molar-refractivity contribution in [2.75, 3.05) is 5.75 Å². The van der Waals surface area contributed by atoms with Crippen LogP contribution < -0.4 is 0 Å². The van der Waals surface area contributed by atoms with Gasteiger partial charge in [-0.2, -0.15) is 0 Å². The van der Waals surface area contributed by atoms with Gasteiger partial charge in [-0.3, -0.25) is 4.79 Å². The maximum Gasteiger partial charge on any atom is 0.313 e. The van der Waals surface area contributed by atoms with E-state index in [1.807, 2.05) is 17.7 Å². The molecule has 1 aromatic carbocycles. The largest absolute Gasteiger partial charge is 0.481 e. The number of benzene rings is 1. The van der Waals surface area contributed by atoms with E-state index in [1.54, 1.807) is 12.1 Å². The Balaban J connectivity index is 2.01. The Morgan fingerprint density at radius 3 is 2.75 bits per heavy atom. The highest BCUT2D eigenvalue weighted by Crippen LogP contribution is 2.18. The van der Waals surface area contributed by atoms with E-state index in [0.29, 0.717) is 11.7 Å². The van der Waals surface area contributed by atoms with Crippen LogP contribution in [0.2, 0.25) is 0 Å². The van der Waals surface area contributed by atoms with Gasteiger partial charge >= 0.3 is 5.97 Å². The number of carbonyl (C=O) groups is 1. The van der Waals surface area contributed by atoms with E-state index >= 15 is 0 Å². The number of thioether (sulfide) groups is 1. The van der Waals surface area contributed by atoms with Gasteiger partial charge in [-0.25, -0.2) is 9.37 Å². The van der Waals surface area contributed by atoms with E-state index in [4.69, 9.17) is 5.11 Å². The maximum atomic E-state index is 12.8. The minimum absolute atomic E-state index is 0.00694. The lowest BCUT2D eigenvalue weighted by atomic mass is 10.1. The zero-order chi connectivity index (χ0) is 14.5. The standard InChI is InChI=1S/C14H15FN2O2S/c1-10-8-17(14(16-10)20-9-13(18)19)7-6-11-2-4-12(15)5-3-11/h2-5,8H,6-7,9H2,1H3,(H,18,19). The van der Waals surface area contributed by atoms with Crippen molar-refractivity contribution in [3.8, 4) is 0 Å². The number of aliphatic carboxylic acids is 1. The van der Waals surface area contributed by atoms with Crippen LogP contribution in [-0.2, 0) is 17.8 Å². The molecule has 2 aromatic rings. The molecule has 20 heavy (non-hydrogen) atoms. The van der Waals surface area contributed by atoms with Crippen molar-refractivity contribution < 1.29 is 14.3 Å². The second kappa shape index (κ2) is 6.56. The predicted molar refractivity (Wildman–Crippen MR) is 75.4 cm³/mol. The van der Waals surface area contributed by atoms with Gasteiger partial charge in [-0.05, 0) is 31.0 Å². The topological polar surface area (TPSA) is 55.1 Å². The Kier molecular flexibility index (Phi) is 4.79. The van der Waals surface area contributed by atoms with E-state index in [0.717, 1.165) is 17.7 Å². The lowest BCUT2D eigenvalue weighted by Crippen LogP contribution is -2.04. The summed E-state index contributed by atoms with van der Waals surface area (Å²) in [7, 11) is 0. The first-order valence-corrected chi connectivity index (χ1v) is 7.16. The van der Waals surface area contributed by atoms with Gasteiger partial charge < -0.3 is 9.67 Å². The molecule has 0 saturated heterocycles. The van der Waals surface area contributed by atoms with Crippen LogP contribution in [0.5, 0.6) is 0 Å². The quantitative estimate of drug-likeness (QED) is 0.832. The summed E-state index contributed by atoms with van der Waals surface area (Å²) in [5.41, 5.74) is 1.89. The van der Waals surface area contributed by atoms with Gasteiger partial charge in [0, 0.05) is 12.7 Å². The molecule has 0 unspecified atom stereocenters. The molecule has 4 nitrogen and oxygen atoms in total. The Morgan fingerprint density at radius 2 is 2.10 bits per heavy atom. The molecule has 1 N–H and O–H groups in total. The summed E-state index contributed by atoms with van der Waals surface area (Å²) in [5, 5.41) is 9.41. The van der Waals surface area contributed by atoms with Crippen LogP contribution in [0.25, 0.3) is 0 Å². The van der Waals surface area contributed by atoms with Crippen LogP contribution in [0.1, 0.15) is 11.3 Å². The molecule has 0 aliphatic carbocycles. The highest BCUT2D eigenvalue weighted by Gasteiger charge is 2.08. The van der Waals surface area contributed by atoms with Crippen molar-refractivity contribution in [1.29, 1.82) is 0 Å². The first kappa shape index (κ1) is 14.6. The molecule has 106 valence electrons. The molecule has 1 aromatic heterocycles. The van der Waals surface area contributed by atoms with E-state index in [9.17, 15) is 9.18 Å². The minimum atomic E-state index is -0.860. The van der Waals surface area contributed by atoms with E-state index in [-0.39, 0.29) is 11.6 Å². The number of hydrogen-bond acceptors (Lipinski definition) is 3. The molecule has 0 spiro atoms. The van der Waals surface area contributed by atoms with Gasteiger partial charge in [0.2, 0.25) is 0 Å². The van der Waals surface area contributed by atoms with Crippen LogP contribution in [0.3, 0.4) is 0 Å². The van der Waals surface area contributed by atoms with Crippen LogP contribution in [-0.4, -0.2) is 26.4 Å². The Hall–Kier alpha value is -1.82. The van der Waals surface area contributed by atoms with E-state index in [1.165, 1.54) is 23.9 Å². The average Bonchev–Trinajstić information content (AvgIpc) is 2.76. The third-order valence-electron chi connectivity index (χ3n) is 2.74. The number of imidazole rings is 1. The summed E-state index contributed by atoms with van der Waals surface area (Å²) >= 11 is 1.21. The molecule has 0 saturated carbocycles. The molecule has 1 heterocycles. The zero-order valence-corrected chi connectivity index (χ0v) is 11.9. The average molecular weight is 294 g/mol. The van der Waals surface area contributed by atoms with E-state index in [2.05, 4.69) is 4.98 Å². The SMILES string of the molecule is Cc1cn(CCc2ccc(F)cc2)c(SCC(=O)O)n1. The summed E-state index contributed by atoms with van der Waals surface area (Å²) in [6.07, 6.45) is 2.64. The molecular formula is C14H15FN2O2S. The van der Waals surface area contributed by atoms with Crippen molar-refractivity contribution in [2.24, 2.45) is 0 Å². The van der Waals surface area contributed by atoms with Crippen molar-refractivity contribution >= 4 is 17.7 Å². The lowest BCUT2D eigenvalue weighted by Gasteiger charge is -2.06. The van der Waals surface area contributed by atoms with Gasteiger partial charge in [0.25, 0.3) is 0 Å². The molecule has 0 atom stereocenters. The van der Waals surface area contributed by atoms with Gasteiger partial charge in [0.1, 0.15) is 5.82 Å². The molecule has 0 aliphatic rings. The van der Waals surface area contributed by atoms with Gasteiger partial charge in [0.15, 0.2) is 5.16 Å². The number of hydrogen-bond donors (Lipinski definition) is 1. The monoisotopic (exact) mass is 294 g/mol. The number of rotatable bonds is 6. The van der Waals surface area contributed by atoms with Crippen molar-refractivity contribution in [3.63, 3.8) is 0 Å². The van der Waals surface area contributed by atoms with Crippen molar-refractivity contribution in [1.82, 2.24) is 9.55 Å². The van der Waals surface area contributed by atoms with Crippen LogP contribution in [0.4, 0.5) is 4.39 Å². The summed E-state index contributed by atoms with van der Waals surface area (Å²) in [6.45, 7) is 2.56. The normalized spacial score (nSPS) is 10.7. The molecule has 6 heteroatoms. The molecule has 2 rings (SSSR count). The molecule has 0 amide bonds. The summed E-state index contributed by atoms with van der Waals surface area (Å²) < 4.78 is 14.8. The van der Waals surface area contributed by atoms with Gasteiger partial charge in [-0.1, -0.05) is 23.9 Å². The number of aromatic nitrogens is 2. The first-order valence-electron chi connectivity index (χ1n) is 6.17. The summed E-state index contributed by atoms with van der Waals surface area (Å²) in [4.78, 5) is 14.9. The smallest absolute Gasteiger partial charge is 0.313 e. The number of carboxylic acid groups (broad SMARTS) is 1. The number of carboxylic acids is 1. The third-order valence-corrected chi connectivity index (χ3v) is 3.72. The zero-order valence-electron chi connectivity index (χ0n) is 11.0. The first-order chi connectivity index (χ1) is 9.54. The fourth-order valence-electron chi connectivity index (χ4n) is 1.83. The second-order valence-corrected chi connectivity index (χ2v) is 5.36. The second-order valence-electron chi connectivity index (χ2n) is 4.42. The van der Waals surface area contributed by atoms with Crippen LogP contribution >= 0.6 is 11.8 Å². The van der Waals surface area contributed by atoms with Gasteiger partial charge in [-0.15, -0.1) is 0 Å². The van der Waals surface area contributed by atoms with Crippen molar-refractivity contribution in [2.45, 2.75) is 25.0 Å². The molecular weight excluding hydrogens is 279 g/mol. The summed E-state index contributed by atoms with van der Waals surface area (Å²) in [6, 6.07) is 6.38. The molecule has 0 fully saturated rings. The van der Waals surface area contributed by atoms with Crippen molar-refractivity contribution in [3.05, 3.63) is 47.5 Å². The van der Waals surface area contributed by atoms with E-state index < -0.39 is 5.97 Å². The van der Waals surface area contributed by atoms with Crippen LogP contribution in [0, 0.1) is 12.7 Å².